The summed E-state index contributed by atoms with van der Waals surface area (Å²) in [4.78, 5) is 41.5. The lowest BCUT2D eigenvalue weighted by atomic mass is 9.91. The average molecular weight is 480 g/mol. The molecule has 2 unspecified atom stereocenters. The lowest BCUT2D eigenvalue weighted by Crippen LogP contribution is -2.48. The number of fused-ring (bicyclic) bond motifs is 1. The fraction of sp³-hybridized carbons (Fsp3) is 0.360. The van der Waals surface area contributed by atoms with Crippen molar-refractivity contribution >= 4 is 17.7 Å². The Balaban J connectivity index is 1.49. The van der Waals surface area contributed by atoms with Crippen LogP contribution in [-0.4, -0.2) is 63.5 Å². The molecule has 1 fully saturated rings. The molecule has 1 aliphatic carbocycles. The van der Waals surface area contributed by atoms with E-state index in [2.05, 4.69) is 5.10 Å². The Morgan fingerprint density at radius 2 is 2.03 bits per heavy atom. The van der Waals surface area contributed by atoms with E-state index in [0.29, 0.717) is 31.5 Å². The molecule has 2 atom stereocenters. The number of amides is 3. The number of halogens is 1. The molecule has 3 heterocycles. The zero-order valence-electron chi connectivity index (χ0n) is 19.5. The predicted octanol–water partition coefficient (Wildman–Crippen LogP) is 2.20. The highest BCUT2D eigenvalue weighted by molar-refractivity contribution is 6.01. The minimum Gasteiger partial charge on any atom is -0.494 e. The number of carbonyl (C=O) groups excluding carboxylic acids is 3. The minimum absolute atomic E-state index is 0.00573. The molecule has 3 aliphatic rings. The van der Waals surface area contributed by atoms with Crippen molar-refractivity contribution in [2.45, 2.75) is 32.2 Å². The molecule has 2 N–H and O–H groups in total. The van der Waals surface area contributed by atoms with Crippen molar-refractivity contribution in [3.8, 4) is 11.4 Å². The van der Waals surface area contributed by atoms with Crippen LogP contribution in [0.4, 0.5) is 4.39 Å². The molecule has 1 aromatic carbocycles. The molecule has 0 bridgehead atoms. The quantitative estimate of drug-likeness (QED) is 0.707. The molecule has 0 saturated carbocycles. The highest BCUT2D eigenvalue weighted by Crippen LogP contribution is 2.32. The van der Waals surface area contributed by atoms with Crippen LogP contribution in [0.15, 0.2) is 42.1 Å². The molecule has 5 rings (SSSR count). The fourth-order valence-corrected chi connectivity index (χ4v) is 5.12. The van der Waals surface area contributed by atoms with E-state index < -0.39 is 11.7 Å². The number of carbonyl (C=O) groups is 3. The van der Waals surface area contributed by atoms with Gasteiger partial charge in [-0.25, -0.2) is 9.07 Å². The van der Waals surface area contributed by atoms with E-state index in [9.17, 15) is 18.8 Å². The summed E-state index contributed by atoms with van der Waals surface area (Å²) in [6.45, 7) is 3.08. The molecule has 182 valence electrons. The Morgan fingerprint density at radius 3 is 2.66 bits per heavy atom. The summed E-state index contributed by atoms with van der Waals surface area (Å²) in [6, 6.07) is 3.96. The van der Waals surface area contributed by atoms with E-state index in [1.807, 2.05) is 25.2 Å². The van der Waals surface area contributed by atoms with E-state index in [1.54, 1.807) is 15.9 Å². The molecule has 2 aromatic rings. The van der Waals surface area contributed by atoms with Crippen LogP contribution in [0, 0.1) is 11.7 Å². The number of nitrogens with zero attached hydrogens (tertiary/aromatic N) is 4. The number of benzene rings is 1. The second-order valence-corrected chi connectivity index (χ2v) is 8.97. The van der Waals surface area contributed by atoms with Gasteiger partial charge in [-0.1, -0.05) is 19.1 Å². The maximum absolute atomic E-state index is 14.4. The predicted molar refractivity (Wildman–Crippen MR) is 124 cm³/mol. The molecule has 1 saturated heterocycles. The first-order chi connectivity index (χ1) is 16.8. The van der Waals surface area contributed by atoms with Gasteiger partial charge in [0.05, 0.1) is 18.8 Å². The standard InChI is InChI=1S/C25H26FN5O4/c1-14-12-15(29-10-3-4-21(29)32)5-7-19(14)30-11-9-17-22(24(27)33)28-31(23(17)25(30)34)16-6-8-20(35-2)18(26)13-16/h5-8,12-14,19H,3-4,9-11H2,1-2H3,(H2,27,33). The maximum atomic E-state index is 14.4. The van der Waals surface area contributed by atoms with Crippen molar-refractivity contribution in [2.24, 2.45) is 11.7 Å². The van der Waals surface area contributed by atoms with Crippen molar-refractivity contribution in [3.05, 3.63) is 64.9 Å². The van der Waals surface area contributed by atoms with Crippen LogP contribution < -0.4 is 10.5 Å². The SMILES string of the molecule is COc1ccc(-n2nc(C(N)=O)c3c2C(=O)N(C2C=CC(N4CCCC4=O)=CC2C)CC3)cc1F. The number of primary amides is 1. The molecule has 0 radical (unpaired) electrons. The third-order valence-electron chi connectivity index (χ3n) is 6.84. The molecule has 0 spiro atoms. The first-order valence-corrected chi connectivity index (χ1v) is 11.6. The number of allylic oxidation sites excluding steroid dienone is 1. The minimum atomic E-state index is -0.746. The van der Waals surface area contributed by atoms with Crippen molar-refractivity contribution in [3.63, 3.8) is 0 Å². The molecule has 3 amide bonds. The summed E-state index contributed by atoms with van der Waals surface area (Å²) in [7, 11) is 1.36. The molecule has 10 heteroatoms. The van der Waals surface area contributed by atoms with Gasteiger partial charge < -0.3 is 20.3 Å². The second-order valence-electron chi connectivity index (χ2n) is 8.97. The van der Waals surface area contributed by atoms with Crippen LogP contribution in [0.25, 0.3) is 5.69 Å². The van der Waals surface area contributed by atoms with Crippen LogP contribution in [0.5, 0.6) is 5.75 Å². The van der Waals surface area contributed by atoms with Gasteiger partial charge in [0.1, 0.15) is 5.69 Å². The van der Waals surface area contributed by atoms with Gasteiger partial charge in [0, 0.05) is 42.8 Å². The summed E-state index contributed by atoms with van der Waals surface area (Å²) in [6.07, 6.45) is 7.62. The Morgan fingerprint density at radius 1 is 1.23 bits per heavy atom. The van der Waals surface area contributed by atoms with Crippen molar-refractivity contribution in [1.82, 2.24) is 19.6 Å². The van der Waals surface area contributed by atoms with Gasteiger partial charge in [0.25, 0.3) is 11.8 Å². The third kappa shape index (κ3) is 3.78. The Kier molecular flexibility index (Phi) is 5.66. The Hall–Kier alpha value is -3.95. The summed E-state index contributed by atoms with van der Waals surface area (Å²) < 4.78 is 20.7. The fourth-order valence-electron chi connectivity index (χ4n) is 5.12. The zero-order valence-corrected chi connectivity index (χ0v) is 19.5. The number of ether oxygens (including phenoxy) is 1. The number of hydrogen-bond donors (Lipinski definition) is 1. The van der Waals surface area contributed by atoms with Gasteiger partial charge in [0.15, 0.2) is 17.3 Å². The lowest BCUT2D eigenvalue weighted by molar-refractivity contribution is -0.125. The first kappa shape index (κ1) is 22.8. The van der Waals surface area contributed by atoms with Gasteiger partial charge in [-0.15, -0.1) is 0 Å². The van der Waals surface area contributed by atoms with E-state index in [-0.39, 0.29) is 46.6 Å². The number of nitrogens with two attached hydrogens (primary N) is 1. The topological polar surface area (TPSA) is 111 Å². The highest BCUT2D eigenvalue weighted by atomic mass is 19.1. The van der Waals surface area contributed by atoms with E-state index >= 15 is 0 Å². The summed E-state index contributed by atoms with van der Waals surface area (Å²) in [5.74, 6) is -1.56. The second kappa shape index (κ2) is 8.68. The molecular weight excluding hydrogens is 453 g/mol. The average Bonchev–Trinajstić information content (AvgIpc) is 3.44. The Labute approximate surface area is 201 Å². The molecule has 1 aromatic heterocycles. The van der Waals surface area contributed by atoms with Gasteiger partial charge in [-0.2, -0.15) is 5.10 Å². The monoisotopic (exact) mass is 479 g/mol. The summed E-state index contributed by atoms with van der Waals surface area (Å²) in [5.41, 5.74) is 7.35. The van der Waals surface area contributed by atoms with Gasteiger partial charge >= 0.3 is 0 Å². The largest absolute Gasteiger partial charge is 0.494 e. The summed E-state index contributed by atoms with van der Waals surface area (Å²) in [5, 5.41) is 4.29. The van der Waals surface area contributed by atoms with Crippen LogP contribution in [0.3, 0.4) is 0 Å². The van der Waals surface area contributed by atoms with Crippen molar-refractivity contribution in [2.75, 3.05) is 20.2 Å². The summed E-state index contributed by atoms with van der Waals surface area (Å²) >= 11 is 0. The first-order valence-electron chi connectivity index (χ1n) is 11.6. The van der Waals surface area contributed by atoms with Gasteiger partial charge in [-0.05, 0) is 31.1 Å². The van der Waals surface area contributed by atoms with Crippen LogP contribution in [-0.2, 0) is 11.2 Å². The smallest absolute Gasteiger partial charge is 0.273 e. The molecular formula is C25H26FN5O4. The highest BCUT2D eigenvalue weighted by Gasteiger charge is 2.38. The maximum Gasteiger partial charge on any atom is 0.273 e. The number of rotatable bonds is 5. The number of methoxy groups -OCH3 is 1. The van der Waals surface area contributed by atoms with Crippen LogP contribution >= 0.6 is 0 Å². The molecule has 2 aliphatic heterocycles. The van der Waals surface area contributed by atoms with Crippen LogP contribution in [0.1, 0.15) is 46.3 Å². The third-order valence-corrected chi connectivity index (χ3v) is 6.84. The van der Waals surface area contributed by atoms with Crippen molar-refractivity contribution in [1.29, 1.82) is 0 Å². The van der Waals surface area contributed by atoms with E-state index in [4.69, 9.17) is 10.5 Å². The van der Waals surface area contributed by atoms with Gasteiger partial charge in [0.2, 0.25) is 5.91 Å². The van der Waals surface area contributed by atoms with E-state index in [1.165, 1.54) is 23.9 Å². The zero-order chi connectivity index (χ0) is 24.9. The van der Waals surface area contributed by atoms with Gasteiger partial charge in [-0.3, -0.25) is 14.4 Å². The molecule has 35 heavy (non-hydrogen) atoms. The number of aromatic nitrogens is 2. The molecule has 9 nitrogen and oxygen atoms in total. The van der Waals surface area contributed by atoms with Crippen molar-refractivity contribution < 1.29 is 23.5 Å². The normalized spacial score (nSPS) is 21.9. The lowest BCUT2D eigenvalue weighted by Gasteiger charge is -2.38. The Bertz CT molecular complexity index is 1300. The number of likely N-dealkylation sites (tertiary alicyclic amines) is 1. The van der Waals surface area contributed by atoms with Crippen LogP contribution in [0.2, 0.25) is 0 Å². The van der Waals surface area contributed by atoms with E-state index in [0.717, 1.165) is 12.1 Å². The number of hydrogen-bond acceptors (Lipinski definition) is 5.